The van der Waals surface area contributed by atoms with E-state index in [0.717, 1.165) is 37.0 Å². The number of hydrogen-bond acceptors (Lipinski definition) is 4. The van der Waals surface area contributed by atoms with E-state index in [4.69, 9.17) is 0 Å². The van der Waals surface area contributed by atoms with Gasteiger partial charge in [-0.1, -0.05) is 19.4 Å². The predicted octanol–water partition coefficient (Wildman–Crippen LogP) is 2.86. The monoisotopic (exact) mass is 363 g/mol. The lowest BCUT2D eigenvalue weighted by Crippen LogP contribution is -2.45. The Morgan fingerprint density at radius 3 is 2.80 bits per heavy atom. The van der Waals surface area contributed by atoms with Gasteiger partial charge in [0.05, 0.1) is 5.25 Å². The van der Waals surface area contributed by atoms with Crippen LogP contribution in [0, 0.1) is 5.92 Å². The third-order valence-electron chi connectivity index (χ3n) is 4.58. The average Bonchev–Trinajstić information content (AvgIpc) is 2.66. The first-order valence-corrected chi connectivity index (χ1v) is 10.2. The maximum atomic E-state index is 12.5. The van der Waals surface area contributed by atoms with E-state index >= 15 is 0 Å². The largest absolute Gasteiger partial charge is 0.352 e. The van der Waals surface area contributed by atoms with E-state index in [9.17, 15) is 9.59 Å². The predicted molar refractivity (Wildman–Crippen MR) is 102 cm³/mol. The molecule has 0 aliphatic carbocycles. The number of carbonyl (C=O) groups is 2. The summed E-state index contributed by atoms with van der Waals surface area (Å²) in [4.78, 5) is 30.8. The second-order valence-corrected chi connectivity index (χ2v) is 7.99. The zero-order valence-corrected chi connectivity index (χ0v) is 16.1. The van der Waals surface area contributed by atoms with Crippen LogP contribution in [0.15, 0.2) is 24.5 Å². The molecular weight excluding hydrogens is 334 g/mol. The Labute approximate surface area is 155 Å². The lowest BCUT2D eigenvalue weighted by Gasteiger charge is -2.33. The molecule has 1 unspecified atom stereocenters. The van der Waals surface area contributed by atoms with Crippen LogP contribution in [0.4, 0.5) is 0 Å². The Bertz CT molecular complexity index is 545. The van der Waals surface area contributed by atoms with Crippen molar-refractivity contribution < 1.29 is 9.59 Å². The highest BCUT2D eigenvalue weighted by Gasteiger charge is 2.29. The Balaban J connectivity index is 1.71. The summed E-state index contributed by atoms with van der Waals surface area (Å²) in [6.07, 6.45) is 7.29. The number of piperidine rings is 1. The number of likely N-dealkylation sites (tertiary alicyclic amines) is 1. The topological polar surface area (TPSA) is 62.3 Å². The van der Waals surface area contributed by atoms with E-state index in [1.807, 2.05) is 24.0 Å². The van der Waals surface area contributed by atoms with Gasteiger partial charge in [-0.05, 0) is 43.6 Å². The van der Waals surface area contributed by atoms with Gasteiger partial charge in [0.2, 0.25) is 11.8 Å². The fourth-order valence-electron chi connectivity index (χ4n) is 2.93. The second-order valence-electron chi connectivity index (χ2n) is 6.55. The summed E-state index contributed by atoms with van der Waals surface area (Å²) >= 11 is 1.74. The van der Waals surface area contributed by atoms with Crippen molar-refractivity contribution in [3.63, 3.8) is 0 Å². The SMILES string of the molecule is CCCCSC(C)C(=O)N1CCC(C(=O)NCc2cccnc2)CC1. The Morgan fingerprint density at radius 2 is 2.16 bits per heavy atom. The van der Waals surface area contributed by atoms with Crippen LogP contribution in [-0.4, -0.2) is 45.8 Å². The number of nitrogens with one attached hydrogen (secondary N) is 1. The molecule has 1 aromatic heterocycles. The van der Waals surface area contributed by atoms with Crippen molar-refractivity contribution in [2.75, 3.05) is 18.8 Å². The van der Waals surface area contributed by atoms with Gasteiger partial charge in [-0.25, -0.2) is 0 Å². The first kappa shape index (κ1) is 19.8. The minimum Gasteiger partial charge on any atom is -0.352 e. The van der Waals surface area contributed by atoms with E-state index < -0.39 is 0 Å². The fourth-order valence-corrected chi connectivity index (χ4v) is 4.03. The average molecular weight is 364 g/mol. The standard InChI is InChI=1S/C19H29N3O2S/c1-3-4-12-25-15(2)19(24)22-10-7-17(8-11-22)18(23)21-14-16-6-5-9-20-13-16/h5-6,9,13,15,17H,3-4,7-8,10-12,14H2,1-2H3,(H,21,23). The molecule has 0 saturated carbocycles. The van der Waals surface area contributed by atoms with E-state index in [1.165, 1.54) is 0 Å². The van der Waals surface area contributed by atoms with Gasteiger partial charge in [0, 0.05) is 37.9 Å². The van der Waals surface area contributed by atoms with Gasteiger partial charge in [0.1, 0.15) is 0 Å². The molecule has 5 nitrogen and oxygen atoms in total. The first-order chi connectivity index (χ1) is 12.1. The molecule has 1 fully saturated rings. The second kappa shape index (κ2) is 10.4. The fraction of sp³-hybridized carbons (Fsp3) is 0.632. The molecule has 0 radical (unpaired) electrons. The molecule has 0 bridgehead atoms. The number of thioether (sulfide) groups is 1. The van der Waals surface area contributed by atoms with Crippen molar-refractivity contribution >= 4 is 23.6 Å². The minimum atomic E-state index is 0.00349. The number of pyridine rings is 1. The van der Waals surface area contributed by atoms with Crippen LogP contribution in [-0.2, 0) is 16.1 Å². The normalized spacial score (nSPS) is 16.5. The van der Waals surface area contributed by atoms with E-state index in [0.29, 0.717) is 19.6 Å². The van der Waals surface area contributed by atoms with Crippen LogP contribution in [0.25, 0.3) is 0 Å². The number of carbonyl (C=O) groups excluding carboxylic acids is 2. The molecule has 1 saturated heterocycles. The molecule has 25 heavy (non-hydrogen) atoms. The summed E-state index contributed by atoms with van der Waals surface area (Å²) in [5.74, 6) is 1.34. The van der Waals surface area contributed by atoms with E-state index in [2.05, 4.69) is 17.2 Å². The molecule has 1 aliphatic heterocycles. The molecular formula is C19H29N3O2S. The van der Waals surface area contributed by atoms with Crippen LogP contribution >= 0.6 is 11.8 Å². The molecule has 1 aliphatic rings. The van der Waals surface area contributed by atoms with E-state index in [-0.39, 0.29) is 23.0 Å². The van der Waals surface area contributed by atoms with Crippen molar-refractivity contribution in [3.8, 4) is 0 Å². The van der Waals surface area contributed by atoms with Crippen LogP contribution < -0.4 is 5.32 Å². The maximum absolute atomic E-state index is 12.5. The van der Waals surface area contributed by atoms with E-state index in [1.54, 1.807) is 24.2 Å². The zero-order valence-electron chi connectivity index (χ0n) is 15.2. The highest BCUT2D eigenvalue weighted by atomic mass is 32.2. The van der Waals surface area contributed by atoms with Gasteiger partial charge in [0.15, 0.2) is 0 Å². The van der Waals surface area contributed by atoms with Gasteiger partial charge in [-0.3, -0.25) is 14.6 Å². The summed E-state index contributed by atoms with van der Waals surface area (Å²) in [6.45, 7) is 6.04. The van der Waals surface area contributed by atoms with Crippen LogP contribution in [0.3, 0.4) is 0 Å². The number of aromatic nitrogens is 1. The van der Waals surface area contributed by atoms with Gasteiger partial charge >= 0.3 is 0 Å². The molecule has 0 spiro atoms. The number of rotatable bonds is 8. The number of unbranched alkanes of at least 4 members (excludes halogenated alkanes) is 1. The van der Waals surface area contributed by atoms with Crippen LogP contribution in [0.2, 0.25) is 0 Å². The third-order valence-corrected chi connectivity index (χ3v) is 5.81. The number of nitrogens with zero attached hydrogens (tertiary/aromatic N) is 2. The zero-order chi connectivity index (χ0) is 18.1. The summed E-state index contributed by atoms with van der Waals surface area (Å²) in [5.41, 5.74) is 1.00. The molecule has 1 N–H and O–H groups in total. The Kier molecular flexibility index (Phi) is 8.25. The third kappa shape index (κ3) is 6.34. The number of amides is 2. The van der Waals surface area contributed by atoms with Crippen molar-refractivity contribution in [1.29, 1.82) is 0 Å². The highest BCUT2D eigenvalue weighted by Crippen LogP contribution is 2.21. The lowest BCUT2D eigenvalue weighted by molar-refractivity contribution is -0.135. The van der Waals surface area contributed by atoms with Gasteiger partial charge in [-0.15, -0.1) is 11.8 Å². The quantitative estimate of drug-likeness (QED) is 0.722. The summed E-state index contributed by atoms with van der Waals surface area (Å²) < 4.78 is 0. The molecule has 2 heterocycles. The van der Waals surface area contributed by atoms with Crippen molar-refractivity contribution in [1.82, 2.24) is 15.2 Å². The molecule has 138 valence electrons. The van der Waals surface area contributed by atoms with Crippen molar-refractivity contribution in [3.05, 3.63) is 30.1 Å². The summed E-state index contributed by atoms with van der Waals surface area (Å²) in [7, 11) is 0. The highest BCUT2D eigenvalue weighted by molar-refractivity contribution is 8.00. The van der Waals surface area contributed by atoms with Crippen LogP contribution in [0.5, 0.6) is 0 Å². The first-order valence-electron chi connectivity index (χ1n) is 9.18. The molecule has 2 amide bonds. The number of hydrogen-bond donors (Lipinski definition) is 1. The molecule has 6 heteroatoms. The summed E-state index contributed by atoms with van der Waals surface area (Å²) in [5, 5.41) is 3.00. The summed E-state index contributed by atoms with van der Waals surface area (Å²) in [6, 6.07) is 3.82. The maximum Gasteiger partial charge on any atom is 0.235 e. The Hall–Kier alpha value is -1.56. The van der Waals surface area contributed by atoms with Gasteiger partial charge < -0.3 is 10.2 Å². The van der Waals surface area contributed by atoms with Crippen molar-refractivity contribution in [2.45, 2.75) is 51.3 Å². The molecule has 2 rings (SSSR count). The molecule has 1 aromatic rings. The lowest BCUT2D eigenvalue weighted by atomic mass is 9.95. The molecule has 0 aromatic carbocycles. The smallest absolute Gasteiger partial charge is 0.235 e. The van der Waals surface area contributed by atoms with Gasteiger partial charge in [0.25, 0.3) is 0 Å². The minimum absolute atomic E-state index is 0.00349. The van der Waals surface area contributed by atoms with Gasteiger partial charge in [-0.2, -0.15) is 0 Å². The molecule has 1 atom stereocenters. The Morgan fingerprint density at radius 1 is 1.40 bits per heavy atom. The van der Waals surface area contributed by atoms with Crippen LogP contribution in [0.1, 0.15) is 45.1 Å². The van der Waals surface area contributed by atoms with Crippen molar-refractivity contribution in [2.24, 2.45) is 5.92 Å².